The SMILES string of the molecule is CN(CC1Cc2ccccc2CO1)C(=O)c1ccc(C(F)(F)F)cc1. The van der Waals surface area contributed by atoms with E-state index < -0.39 is 11.7 Å². The number of hydrogen-bond donors (Lipinski definition) is 0. The summed E-state index contributed by atoms with van der Waals surface area (Å²) in [5, 5.41) is 0. The molecule has 0 radical (unpaired) electrons. The van der Waals surface area contributed by atoms with Gasteiger partial charge in [-0.3, -0.25) is 4.79 Å². The number of hydrogen-bond acceptors (Lipinski definition) is 2. The zero-order valence-electron chi connectivity index (χ0n) is 13.7. The molecule has 3 rings (SSSR count). The third-order valence-electron chi connectivity index (χ3n) is 4.32. The molecule has 132 valence electrons. The van der Waals surface area contributed by atoms with Gasteiger partial charge in [0.05, 0.1) is 18.3 Å². The van der Waals surface area contributed by atoms with E-state index in [1.165, 1.54) is 22.6 Å². The number of nitrogens with zero attached hydrogens (tertiary/aromatic N) is 1. The summed E-state index contributed by atoms with van der Waals surface area (Å²) in [5.41, 5.74) is 1.82. The average molecular weight is 349 g/mol. The first-order valence-electron chi connectivity index (χ1n) is 7.95. The van der Waals surface area contributed by atoms with Crippen molar-refractivity contribution in [3.63, 3.8) is 0 Å². The molecular formula is C19H18F3NO2. The second-order valence-corrected chi connectivity index (χ2v) is 6.17. The van der Waals surface area contributed by atoms with Crippen LogP contribution in [-0.4, -0.2) is 30.5 Å². The van der Waals surface area contributed by atoms with E-state index >= 15 is 0 Å². The van der Waals surface area contributed by atoms with Gasteiger partial charge in [0.1, 0.15) is 0 Å². The molecule has 0 aliphatic carbocycles. The molecule has 2 aromatic rings. The van der Waals surface area contributed by atoms with Crippen LogP contribution in [0.4, 0.5) is 13.2 Å². The van der Waals surface area contributed by atoms with Gasteiger partial charge in [0.2, 0.25) is 0 Å². The van der Waals surface area contributed by atoms with Crippen LogP contribution in [0.1, 0.15) is 27.0 Å². The van der Waals surface area contributed by atoms with Crippen molar-refractivity contribution in [1.29, 1.82) is 0 Å². The maximum absolute atomic E-state index is 12.6. The Morgan fingerprint density at radius 1 is 1.12 bits per heavy atom. The van der Waals surface area contributed by atoms with Gasteiger partial charge in [0.15, 0.2) is 0 Å². The zero-order valence-corrected chi connectivity index (χ0v) is 13.7. The van der Waals surface area contributed by atoms with E-state index in [4.69, 9.17) is 4.74 Å². The van der Waals surface area contributed by atoms with Crippen molar-refractivity contribution >= 4 is 5.91 Å². The Kier molecular flexibility index (Phi) is 4.81. The Labute approximate surface area is 144 Å². The number of ether oxygens (including phenoxy) is 1. The van der Waals surface area contributed by atoms with Gasteiger partial charge < -0.3 is 9.64 Å². The lowest BCUT2D eigenvalue weighted by molar-refractivity contribution is -0.137. The standard InChI is InChI=1S/C19H18F3NO2/c1-23(11-17-10-14-4-2-3-5-15(14)12-25-17)18(24)13-6-8-16(9-7-13)19(20,21)22/h2-9,17H,10-12H2,1H3. The predicted molar refractivity (Wildman–Crippen MR) is 87.1 cm³/mol. The summed E-state index contributed by atoms with van der Waals surface area (Å²) in [5.74, 6) is -0.323. The lowest BCUT2D eigenvalue weighted by Gasteiger charge is -2.29. The van der Waals surface area contributed by atoms with Crippen LogP contribution < -0.4 is 0 Å². The summed E-state index contributed by atoms with van der Waals surface area (Å²) in [4.78, 5) is 13.9. The van der Waals surface area contributed by atoms with Crippen molar-refractivity contribution in [3.05, 3.63) is 70.8 Å². The largest absolute Gasteiger partial charge is 0.416 e. The van der Waals surface area contributed by atoms with E-state index in [2.05, 4.69) is 0 Å². The van der Waals surface area contributed by atoms with Crippen molar-refractivity contribution in [1.82, 2.24) is 4.90 Å². The van der Waals surface area contributed by atoms with E-state index in [9.17, 15) is 18.0 Å². The van der Waals surface area contributed by atoms with Crippen LogP contribution in [0.15, 0.2) is 48.5 Å². The van der Waals surface area contributed by atoms with Crippen LogP contribution in [0.5, 0.6) is 0 Å². The minimum absolute atomic E-state index is 0.127. The van der Waals surface area contributed by atoms with E-state index in [0.717, 1.165) is 17.7 Å². The number of benzene rings is 2. The fourth-order valence-electron chi connectivity index (χ4n) is 2.94. The molecule has 0 saturated heterocycles. The Morgan fingerprint density at radius 3 is 2.40 bits per heavy atom. The third-order valence-corrected chi connectivity index (χ3v) is 4.32. The molecule has 2 aromatic carbocycles. The number of carbonyl (C=O) groups is 1. The highest BCUT2D eigenvalue weighted by Gasteiger charge is 2.30. The maximum atomic E-state index is 12.6. The van der Waals surface area contributed by atoms with Crippen molar-refractivity contribution < 1.29 is 22.7 Å². The second kappa shape index (κ2) is 6.88. The van der Waals surface area contributed by atoms with Crippen LogP contribution in [0, 0.1) is 0 Å². The Balaban J connectivity index is 1.63. The van der Waals surface area contributed by atoms with Gasteiger partial charge in [0, 0.05) is 25.6 Å². The van der Waals surface area contributed by atoms with E-state index in [0.29, 0.717) is 19.6 Å². The molecule has 1 unspecified atom stereocenters. The van der Waals surface area contributed by atoms with Gasteiger partial charge in [0.25, 0.3) is 5.91 Å². The second-order valence-electron chi connectivity index (χ2n) is 6.17. The van der Waals surface area contributed by atoms with E-state index in [-0.39, 0.29) is 17.6 Å². The predicted octanol–water partition coefficient (Wildman–Crippen LogP) is 3.92. The lowest BCUT2D eigenvalue weighted by atomic mass is 9.99. The molecule has 1 aliphatic rings. The number of rotatable bonds is 3. The van der Waals surface area contributed by atoms with Crippen molar-refractivity contribution in [2.45, 2.75) is 25.3 Å². The number of fused-ring (bicyclic) bond motifs is 1. The molecule has 1 aliphatic heterocycles. The molecule has 1 heterocycles. The van der Waals surface area contributed by atoms with Crippen LogP contribution in [0.2, 0.25) is 0 Å². The van der Waals surface area contributed by atoms with Gasteiger partial charge in [-0.15, -0.1) is 0 Å². The molecule has 0 spiro atoms. The summed E-state index contributed by atoms with van der Waals surface area (Å²) in [6.07, 6.45) is -3.82. The van der Waals surface area contributed by atoms with Crippen LogP contribution >= 0.6 is 0 Å². The summed E-state index contributed by atoms with van der Waals surface area (Å²) < 4.78 is 43.6. The number of carbonyl (C=O) groups excluding carboxylic acids is 1. The van der Waals surface area contributed by atoms with Crippen LogP contribution in [0.25, 0.3) is 0 Å². The summed E-state index contributed by atoms with van der Waals surface area (Å²) in [7, 11) is 1.63. The minimum Gasteiger partial charge on any atom is -0.371 e. The molecule has 0 saturated carbocycles. The van der Waals surface area contributed by atoms with Crippen molar-refractivity contribution in [2.75, 3.05) is 13.6 Å². The molecule has 0 aromatic heterocycles. The smallest absolute Gasteiger partial charge is 0.371 e. The quantitative estimate of drug-likeness (QED) is 0.841. The Morgan fingerprint density at radius 2 is 1.76 bits per heavy atom. The topological polar surface area (TPSA) is 29.5 Å². The molecular weight excluding hydrogens is 331 g/mol. The first-order chi connectivity index (χ1) is 11.8. The number of amides is 1. The maximum Gasteiger partial charge on any atom is 0.416 e. The number of likely N-dealkylation sites (N-methyl/N-ethyl adjacent to an activating group) is 1. The Bertz CT molecular complexity index is 756. The van der Waals surface area contributed by atoms with E-state index in [1.807, 2.05) is 24.3 Å². The van der Waals surface area contributed by atoms with Gasteiger partial charge in [-0.2, -0.15) is 13.2 Å². The fourth-order valence-corrected chi connectivity index (χ4v) is 2.94. The van der Waals surface area contributed by atoms with Gasteiger partial charge in [-0.25, -0.2) is 0 Å². The third kappa shape index (κ3) is 4.02. The highest BCUT2D eigenvalue weighted by molar-refractivity contribution is 5.94. The van der Waals surface area contributed by atoms with Crippen molar-refractivity contribution in [3.8, 4) is 0 Å². The first kappa shape index (κ1) is 17.5. The molecule has 6 heteroatoms. The summed E-state index contributed by atoms with van der Waals surface area (Å²) >= 11 is 0. The lowest BCUT2D eigenvalue weighted by Crippen LogP contribution is -2.38. The number of halogens is 3. The minimum atomic E-state index is -4.41. The highest BCUT2D eigenvalue weighted by Crippen LogP contribution is 2.29. The summed E-state index contributed by atoms with van der Waals surface area (Å²) in [6, 6.07) is 12.3. The first-order valence-corrected chi connectivity index (χ1v) is 7.95. The fraction of sp³-hybridized carbons (Fsp3) is 0.316. The van der Waals surface area contributed by atoms with Crippen LogP contribution in [0.3, 0.4) is 0 Å². The Hall–Kier alpha value is -2.34. The molecule has 0 N–H and O–H groups in total. The molecule has 1 atom stereocenters. The normalized spacial score (nSPS) is 17.0. The van der Waals surface area contributed by atoms with Crippen LogP contribution in [-0.2, 0) is 23.9 Å². The van der Waals surface area contributed by atoms with Gasteiger partial charge in [-0.1, -0.05) is 24.3 Å². The van der Waals surface area contributed by atoms with Crippen molar-refractivity contribution in [2.24, 2.45) is 0 Å². The van der Waals surface area contributed by atoms with Gasteiger partial charge in [-0.05, 0) is 35.4 Å². The highest BCUT2D eigenvalue weighted by atomic mass is 19.4. The monoisotopic (exact) mass is 349 g/mol. The molecule has 25 heavy (non-hydrogen) atoms. The molecule has 1 amide bonds. The zero-order chi connectivity index (χ0) is 18.0. The molecule has 0 fully saturated rings. The van der Waals surface area contributed by atoms with E-state index in [1.54, 1.807) is 7.05 Å². The number of alkyl halides is 3. The molecule has 0 bridgehead atoms. The summed E-state index contributed by atoms with van der Waals surface area (Å²) in [6.45, 7) is 0.886. The van der Waals surface area contributed by atoms with Gasteiger partial charge >= 0.3 is 6.18 Å². The molecule has 3 nitrogen and oxygen atoms in total. The average Bonchev–Trinajstić information content (AvgIpc) is 2.60.